The summed E-state index contributed by atoms with van der Waals surface area (Å²) in [5, 5.41) is 0. The van der Waals surface area contributed by atoms with E-state index in [1.807, 2.05) is 13.0 Å². The van der Waals surface area contributed by atoms with Gasteiger partial charge in [-0.1, -0.05) is 13.3 Å². The first-order valence-corrected chi connectivity index (χ1v) is 6.88. The van der Waals surface area contributed by atoms with E-state index >= 15 is 0 Å². The zero-order valence-corrected chi connectivity index (χ0v) is 11.3. The third kappa shape index (κ3) is 2.71. The summed E-state index contributed by atoms with van der Waals surface area (Å²) < 4.78 is 0. The van der Waals surface area contributed by atoms with Crippen molar-refractivity contribution in [2.75, 3.05) is 5.73 Å². The largest absolute Gasteiger partial charge is 0.383 e. The van der Waals surface area contributed by atoms with Gasteiger partial charge in [-0.25, -0.2) is 4.98 Å². The number of anilines is 1. The van der Waals surface area contributed by atoms with Gasteiger partial charge in [0.2, 0.25) is 0 Å². The molecule has 0 amide bonds. The van der Waals surface area contributed by atoms with Gasteiger partial charge in [0.25, 0.3) is 0 Å². The smallest absolute Gasteiger partial charge is 0.169 e. The lowest BCUT2D eigenvalue weighted by atomic mass is 9.78. The van der Waals surface area contributed by atoms with Crippen LogP contribution < -0.4 is 5.73 Å². The normalized spacial score (nSPS) is 23.9. The van der Waals surface area contributed by atoms with E-state index in [0.29, 0.717) is 11.4 Å². The minimum Gasteiger partial charge on any atom is -0.383 e. The van der Waals surface area contributed by atoms with E-state index < -0.39 is 0 Å². The number of hydrogen-bond donors (Lipinski definition) is 1. The van der Waals surface area contributed by atoms with Crippen LogP contribution in [0.5, 0.6) is 0 Å². The van der Waals surface area contributed by atoms with Crippen molar-refractivity contribution in [1.82, 2.24) is 4.98 Å². The number of aryl methyl sites for hydroxylation is 1. The quantitative estimate of drug-likeness (QED) is 0.832. The monoisotopic (exact) mass is 246 g/mol. The Bertz CT molecular complexity index is 434. The number of nitrogens with zero attached hydrogens (tertiary/aromatic N) is 1. The molecule has 1 aromatic heterocycles. The molecule has 98 valence electrons. The fourth-order valence-corrected chi connectivity index (χ4v) is 2.83. The summed E-state index contributed by atoms with van der Waals surface area (Å²) in [4.78, 5) is 16.5. The Kier molecular flexibility index (Phi) is 4.00. The molecule has 18 heavy (non-hydrogen) atoms. The molecule has 0 spiro atoms. The van der Waals surface area contributed by atoms with Crippen LogP contribution in [-0.2, 0) is 0 Å². The van der Waals surface area contributed by atoms with Crippen LogP contribution >= 0.6 is 0 Å². The summed E-state index contributed by atoms with van der Waals surface area (Å²) in [6.07, 6.45) is 7.29. The third-order valence-electron chi connectivity index (χ3n) is 4.12. The number of Topliss-reactive ketones (excluding diaryl/α,β-unsaturated/α-hetero) is 1. The molecule has 1 aliphatic carbocycles. The van der Waals surface area contributed by atoms with E-state index in [2.05, 4.69) is 11.9 Å². The molecule has 2 N–H and O–H groups in total. The molecule has 0 bridgehead atoms. The number of hydrogen-bond acceptors (Lipinski definition) is 3. The lowest BCUT2D eigenvalue weighted by molar-refractivity contribution is 0.0871. The lowest BCUT2D eigenvalue weighted by Crippen LogP contribution is -2.23. The zero-order chi connectivity index (χ0) is 13.1. The molecule has 0 saturated heterocycles. The second-order valence-electron chi connectivity index (χ2n) is 5.44. The zero-order valence-electron chi connectivity index (χ0n) is 11.3. The van der Waals surface area contributed by atoms with E-state index in [-0.39, 0.29) is 11.7 Å². The van der Waals surface area contributed by atoms with Crippen molar-refractivity contribution < 1.29 is 4.79 Å². The minimum atomic E-state index is 0.152. The number of ketones is 1. The molecule has 1 heterocycles. The van der Waals surface area contributed by atoms with Crippen molar-refractivity contribution in [2.45, 2.75) is 46.0 Å². The number of rotatable bonds is 3. The van der Waals surface area contributed by atoms with Gasteiger partial charge in [-0.05, 0) is 50.2 Å². The molecule has 0 aliphatic heterocycles. The first kappa shape index (κ1) is 13.1. The molecule has 0 aromatic carbocycles. The Morgan fingerprint density at radius 3 is 2.67 bits per heavy atom. The van der Waals surface area contributed by atoms with Gasteiger partial charge in [0.15, 0.2) is 5.78 Å². The van der Waals surface area contributed by atoms with E-state index in [1.165, 1.54) is 19.3 Å². The summed E-state index contributed by atoms with van der Waals surface area (Å²) in [5.41, 5.74) is 7.43. The fourth-order valence-electron chi connectivity index (χ4n) is 2.83. The number of nitrogens with two attached hydrogens (primary N) is 1. The molecular weight excluding hydrogens is 224 g/mol. The molecule has 1 saturated carbocycles. The maximum absolute atomic E-state index is 12.4. The van der Waals surface area contributed by atoms with Gasteiger partial charge in [0.1, 0.15) is 5.82 Å². The topological polar surface area (TPSA) is 56.0 Å². The number of carbonyl (C=O) groups excluding carboxylic acids is 1. The molecule has 0 unspecified atom stereocenters. The van der Waals surface area contributed by atoms with Crippen LogP contribution in [0.15, 0.2) is 12.3 Å². The second kappa shape index (κ2) is 5.51. The molecular formula is C15H22N2O. The van der Waals surface area contributed by atoms with Crippen LogP contribution in [0.2, 0.25) is 0 Å². The Morgan fingerprint density at radius 2 is 2.06 bits per heavy atom. The summed E-state index contributed by atoms with van der Waals surface area (Å²) in [6, 6.07) is 1.87. The van der Waals surface area contributed by atoms with E-state index in [9.17, 15) is 4.79 Å². The molecule has 0 atom stereocenters. The highest BCUT2D eigenvalue weighted by atomic mass is 16.1. The number of nitrogen functional groups attached to an aromatic ring is 1. The molecule has 3 nitrogen and oxygen atoms in total. The first-order valence-electron chi connectivity index (χ1n) is 6.88. The van der Waals surface area contributed by atoms with Crippen molar-refractivity contribution in [3.63, 3.8) is 0 Å². The Hall–Kier alpha value is -1.38. The molecule has 1 aromatic rings. The average Bonchev–Trinajstić information content (AvgIpc) is 2.41. The number of aromatic nitrogens is 1. The van der Waals surface area contributed by atoms with Crippen LogP contribution in [0.4, 0.5) is 5.82 Å². The molecule has 3 heteroatoms. The van der Waals surface area contributed by atoms with Crippen LogP contribution in [0.25, 0.3) is 0 Å². The van der Waals surface area contributed by atoms with Gasteiger partial charge < -0.3 is 5.73 Å². The highest BCUT2D eigenvalue weighted by molar-refractivity contribution is 6.01. The summed E-state index contributed by atoms with van der Waals surface area (Å²) in [7, 11) is 0. The highest BCUT2D eigenvalue weighted by Crippen LogP contribution is 2.33. The molecule has 1 aliphatic rings. The lowest BCUT2D eigenvalue weighted by Gasteiger charge is -2.27. The maximum Gasteiger partial charge on any atom is 0.169 e. The van der Waals surface area contributed by atoms with Gasteiger partial charge in [0, 0.05) is 12.1 Å². The Balaban J connectivity index is 2.10. The van der Waals surface area contributed by atoms with Crippen molar-refractivity contribution in [2.24, 2.45) is 11.8 Å². The Labute approximate surface area is 109 Å². The van der Waals surface area contributed by atoms with Gasteiger partial charge in [-0.2, -0.15) is 0 Å². The highest BCUT2D eigenvalue weighted by Gasteiger charge is 2.27. The average molecular weight is 246 g/mol. The van der Waals surface area contributed by atoms with Crippen molar-refractivity contribution >= 4 is 11.6 Å². The minimum absolute atomic E-state index is 0.152. The van der Waals surface area contributed by atoms with E-state index in [0.717, 1.165) is 24.3 Å². The van der Waals surface area contributed by atoms with E-state index in [1.54, 1.807) is 6.20 Å². The number of carbonyl (C=O) groups is 1. The van der Waals surface area contributed by atoms with Gasteiger partial charge in [-0.3, -0.25) is 4.79 Å². The molecule has 2 rings (SSSR count). The van der Waals surface area contributed by atoms with Crippen molar-refractivity contribution in [3.05, 3.63) is 23.4 Å². The molecule has 0 radical (unpaired) electrons. The van der Waals surface area contributed by atoms with Crippen LogP contribution in [0.1, 0.15) is 54.9 Å². The van der Waals surface area contributed by atoms with Gasteiger partial charge in [0.05, 0.1) is 5.56 Å². The van der Waals surface area contributed by atoms with Crippen LogP contribution in [0, 0.1) is 18.8 Å². The maximum atomic E-state index is 12.4. The van der Waals surface area contributed by atoms with Gasteiger partial charge in [-0.15, -0.1) is 0 Å². The van der Waals surface area contributed by atoms with Crippen LogP contribution in [0.3, 0.4) is 0 Å². The summed E-state index contributed by atoms with van der Waals surface area (Å²) in [6.45, 7) is 4.17. The van der Waals surface area contributed by atoms with Crippen LogP contribution in [-0.4, -0.2) is 10.8 Å². The SMILES string of the molecule is CCC1CCC(C(=O)c2cc(C)cnc2N)CC1. The van der Waals surface area contributed by atoms with Gasteiger partial charge >= 0.3 is 0 Å². The predicted octanol–water partition coefficient (Wildman–Crippen LogP) is 3.37. The number of pyridine rings is 1. The third-order valence-corrected chi connectivity index (χ3v) is 4.12. The summed E-state index contributed by atoms with van der Waals surface area (Å²) >= 11 is 0. The van der Waals surface area contributed by atoms with E-state index in [4.69, 9.17) is 5.73 Å². The van der Waals surface area contributed by atoms with Crippen molar-refractivity contribution in [1.29, 1.82) is 0 Å². The predicted molar refractivity (Wildman–Crippen MR) is 73.5 cm³/mol. The molecule has 1 fully saturated rings. The fraction of sp³-hybridized carbons (Fsp3) is 0.600. The standard InChI is InChI=1S/C15H22N2O/c1-3-11-4-6-12(7-5-11)14(18)13-8-10(2)9-17-15(13)16/h8-9,11-12H,3-7H2,1-2H3,(H2,16,17). The summed E-state index contributed by atoms with van der Waals surface area (Å²) in [5.74, 6) is 1.53. The van der Waals surface area contributed by atoms with Crippen molar-refractivity contribution in [3.8, 4) is 0 Å². The Morgan fingerprint density at radius 1 is 1.39 bits per heavy atom. The first-order chi connectivity index (χ1) is 8.61. The second-order valence-corrected chi connectivity index (χ2v) is 5.44.